The van der Waals surface area contributed by atoms with Gasteiger partial charge in [0.15, 0.2) is 12.6 Å². The molecule has 0 radical (unpaired) electrons. The maximum absolute atomic E-state index is 12.4. The van der Waals surface area contributed by atoms with Crippen molar-refractivity contribution in [3.8, 4) is 0 Å². The summed E-state index contributed by atoms with van der Waals surface area (Å²) < 4.78 is 59.0. The highest BCUT2D eigenvalue weighted by molar-refractivity contribution is 5.18. The van der Waals surface area contributed by atoms with Crippen LogP contribution < -0.4 is 0 Å². The average Bonchev–Trinajstić information content (AvgIpc) is 3.35. The Morgan fingerprint density at radius 2 is 0.646 bits per heavy atom. The minimum atomic E-state index is -1.54. The molecule has 65 heavy (non-hydrogen) atoms. The second-order valence-corrected chi connectivity index (χ2v) is 16.2. The van der Waals surface area contributed by atoms with Crippen LogP contribution in [-0.2, 0) is 82.3 Å². The zero-order chi connectivity index (χ0) is 44.5. The van der Waals surface area contributed by atoms with Crippen molar-refractivity contribution < 1.29 is 52.8 Å². The fraction of sp³-hybridized carbons (Fsp3) is 0.333. The molecule has 2 aliphatic heterocycles. The second kappa shape index (κ2) is 24.4. The molecule has 0 aromatic heterocycles. The summed E-state index contributed by atoms with van der Waals surface area (Å²) in [6.45, 7) is 1.60. The lowest BCUT2D eigenvalue weighted by molar-refractivity contribution is -0.375. The van der Waals surface area contributed by atoms with Gasteiger partial charge in [-0.3, -0.25) is 0 Å². The Morgan fingerprint density at radius 3 is 1.03 bits per heavy atom. The first kappa shape index (κ1) is 46.4. The van der Waals surface area contributed by atoms with E-state index in [1.54, 1.807) is 0 Å². The molecule has 0 aliphatic carbocycles. The summed E-state index contributed by atoms with van der Waals surface area (Å²) in [6, 6.07) is 58.7. The average molecular weight is 883 g/mol. The Kier molecular flexibility index (Phi) is 17.4. The van der Waals surface area contributed by atoms with E-state index in [1.165, 1.54) is 0 Å². The van der Waals surface area contributed by atoms with Gasteiger partial charge < -0.3 is 52.8 Å². The summed E-state index contributed by atoms with van der Waals surface area (Å²) in [5.41, 5.74) is 5.67. The van der Waals surface area contributed by atoms with Crippen LogP contribution in [0, 0.1) is 0 Å². The van der Waals surface area contributed by atoms with Gasteiger partial charge >= 0.3 is 0 Å². The van der Waals surface area contributed by atoms with Gasteiger partial charge in [0.2, 0.25) is 0 Å². The zero-order valence-electron chi connectivity index (χ0n) is 36.3. The van der Waals surface area contributed by atoms with E-state index < -0.39 is 61.4 Å². The molecule has 6 aromatic carbocycles. The largest absolute Gasteiger partial charge is 0.385 e. The van der Waals surface area contributed by atoms with Crippen LogP contribution in [0.3, 0.4) is 0 Å². The molecule has 11 heteroatoms. The molecule has 0 spiro atoms. The number of rotatable bonds is 22. The van der Waals surface area contributed by atoms with Gasteiger partial charge in [-0.1, -0.05) is 182 Å². The highest BCUT2D eigenvalue weighted by Crippen LogP contribution is 2.35. The number of aliphatic hydroxyl groups is 2. The standard InChI is InChI=1S/C54H58O11/c55-47-50(61-35-43-27-15-5-16-28-43)48(59-33-41-23-11-3-12-24-41)46(38-58-32-40-21-9-2-10-22-40)64-54(47)65-52-51(62-36-44-29-17-6-18-30-44)49(60-34-42-25-13-4-14-26-42)45(63-53(52)56)37-57-31-39-19-7-1-8-20-39/h1-30,45-56H,31-38H2/t45-,46-,47-,48-,49-,50-,51+,52+,53-,54+/m1/s1. The monoisotopic (exact) mass is 882 g/mol. The van der Waals surface area contributed by atoms with Crippen LogP contribution in [0.25, 0.3) is 0 Å². The first-order chi connectivity index (χ1) is 32.1. The molecule has 8 rings (SSSR count). The van der Waals surface area contributed by atoms with Gasteiger partial charge in [-0.2, -0.15) is 0 Å². The minimum absolute atomic E-state index is 0.0768. The molecule has 2 fully saturated rings. The van der Waals surface area contributed by atoms with E-state index in [-0.39, 0.29) is 39.6 Å². The van der Waals surface area contributed by atoms with Gasteiger partial charge in [-0.15, -0.1) is 0 Å². The molecule has 340 valence electrons. The maximum atomic E-state index is 12.4. The molecule has 11 nitrogen and oxygen atoms in total. The first-order valence-electron chi connectivity index (χ1n) is 22.3. The van der Waals surface area contributed by atoms with Gasteiger partial charge in [-0.25, -0.2) is 0 Å². The number of hydrogen-bond donors (Lipinski definition) is 2. The summed E-state index contributed by atoms with van der Waals surface area (Å²) in [7, 11) is 0. The van der Waals surface area contributed by atoms with Crippen molar-refractivity contribution in [1.82, 2.24) is 0 Å². The lowest BCUT2D eigenvalue weighted by Crippen LogP contribution is -2.65. The molecule has 0 unspecified atom stereocenters. The van der Waals surface area contributed by atoms with Gasteiger partial charge in [-0.05, 0) is 33.4 Å². The van der Waals surface area contributed by atoms with Crippen LogP contribution in [0.15, 0.2) is 182 Å². The van der Waals surface area contributed by atoms with Crippen molar-refractivity contribution in [2.75, 3.05) is 13.2 Å². The number of aliphatic hydroxyl groups excluding tert-OH is 2. The summed E-state index contributed by atoms with van der Waals surface area (Å²) in [6.07, 6.45) is -10.6. The summed E-state index contributed by atoms with van der Waals surface area (Å²) in [5, 5.41) is 24.4. The van der Waals surface area contributed by atoms with E-state index in [1.807, 2.05) is 182 Å². The number of hydrogen-bond acceptors (Lipinski definition) is 11. The number of benzene rings is 6. The Labute approximate surface area is 381 Å². The number of ether oxygens (including phenoxy) is 9. The van der Waals surface area contributed by atoms with Crippen LogP contribution in [0.5, 0.6) is 0 Å². The van der Waals surface area contributed by atoms with E-state index >= 15 is 0 Å². The van der Waals surface area contributed by atoms with Crippen LogP contribution in [-0.4, -0.2) is 84.8 Å². The van der Waals surface area contributed by atoms with Gasteiger partial charge in [0.25, 0.3) is 0 Å². The van der Waals surface area contributed by atoms with Crippen molar-refractivity contribution in [1.29, 1.82) is 0 Å². The van der Waals surface area contributed by atoms with Crippen molar-refractivity contribution in [2.24, 2.45) is 0 Å². The van der Waals surface area contributed by atoms with Crippen molar-refractivity contribution in [2.45, 2.75) is 101 Å². The van der Waals surface area contributed by atoms with Gasteiger partial charge in [0.1, 0.15) is 48.8 Å². The molecule has 2 saturated heterocycles. The molecule has 0 amide bonds. The SMILES string of the molecule is O[C@H]1[C@H](O[C@H]2[C@@H](OCc3ccccc3)[C@H](OCc3ccccc3)[C@@H](COCc3ccccc3)O[C@H]2O)O[C@H](COCc2ccccc2)[C@@H](OCc2ccccc2)[C@@H]1OCc1ccccc1. The van der Waals surface area contributed by atoms with E-state index in [0.717, 1.165) is 33.4 Å². The van der Waals surface area contributed by atoms with E-state index in [4.69, 9.17) is 42.6 Å². The summed E-state index contributed by atoms with van der Waals surface area (Å²) in [5.74, 6) is 0. The van der Waals surface area contributed by atoms with Crippen molar-refractivity contribution in [3.05, 3.63) is 215 Å². The molecule has 6 aromatic rings. The molecule has 0 saturated carbocycles. The fourth-order valence-corrected chi connectivity index (χ4v) is 8.05. The lowest BCUT2D eigenvalue weighted by atomic mass is 9.96. The molecular formula is C54H58O11. The third-order valence-electron chi connectivity index (χ3n) is 11.4. The summed E-state index contributed by atoms with van der Waals surface area (Å²) in [4.78, 5) is 0. The topological polar surface area (TPSA) is 124 Å². The fourth-order valence-electron chi connectivity index (χ4n) is 8.05. The Bertz CT molecular complexity index is 2210. The molecule has 0 bridgehead atoms. The van der Waals surface area contributed by atoms with Gasteiger partial charge in [0.05, 0.1) is 52.9 Å². The van der Waals surface area contributed by atoms with E-state index in [9.17, 15) is 10.2 Å². The molecule has 2 heterocycles. The van der Waals surface area contributed by atoms with Crippen LogP contribution in [0.1, 0.15) is 33.4 Å². The van der Waals surface area contributed by atoms with E-state index in [2.05, 4.69) is 0 Å². The third-order valence-corrected chi connectivity index (χ3v) is 11.4. The second-order valence-electron chi connectivity index (χ2n) is 16.2. The van der Waals surface area contributed by atoms with Gasteiger partial charge in [0, 0.05) is 0 Å². The maximum Gasteiger partial charge on any atom is 0.187 e. The first-order valence-corrected chi connectivity index (χ1v) is 22.3. The van der Waals surface area contributed by atoms with Crippen molar-refractivity contribution in [3.63, 3.8) is 0 Å². The molecule has 2 aliphatic rings. The highest BCUT2D eigenvalue weighted by atomic mass is 16.7. The Balaban J connectivity index is 1.09. The Morgan fingerprint density at radius 1 is 0.338 bits per heavy atom. The predicted octanol–water partition coefficient (Wildman–Crippen LogP) is 7.95. The van der Waals surface area contributed by atoms with Crippen LogP contribution in [0.2, 0.25) is 0 Å². The Hall–Kier alpha value is -5.12. The van der Waals surface area contributed by atoms with E-state index in [0.29, 0.717) is 13.2 Å². The summed E-state index contributed by atoms with van der Waals surface area (Å²) >= 11 is 0. The minimum Gasteiger partial charge on any atom is -0.385 e. The van der Waals surface area contributed by atoms with Crippen molar-refractivity contribution >= 4 is 0 Å². The highest BCUT2D eigenvalue weighted by Gasteiger charge is 2.53. The quantitative estimate of drug-likeness (QED) is 0.0691. The normalized spacial score (nSPS) is 25.6. The smallest absolute Gasteiger partial charge is 0.187 e. The zero-order valence-corrected chi connectivity index (χ0v) is 36.3. The molecule has 2 N–H and O–H groups in total. The lowest BCUT2D eigenvalue weighted by Gasteiger charge is -2.48. The van der Waals surface area contributed by atoms with Crippen LogP contribution in [0.4, 0.5) is 0 Å². The van der Waals surface area contributed by atoms with Crippen LogP contribution >= 0.6 is 0 Å². The predicted molar refractivity (Wildman–Crippen MR) is 243 cm³/mol. The molecule has 10 atom stereocenters. The third kappa shape index (κ3) is 13.5. The molecular weight excluding hydrogens is 825 g/mol.